The fourth-order valence-corrected chi connectivity index (χ4v) is 3.01. The van der Waals surface area contributed by atoms with Gasteiger partial charge in [-0.05, 0) is 30.2 Å². The SMILES string of the molecule is Cc1ccc(Cn2nc(N(Cc3ccccc3)c3ccccc3)oc2=O)cc1. The number of anilines is 2. The van der Waals surface area contributed by atoms with Gasteiger partial charge in [0.25, 0.3) is 0 Å². The first-order chi connectivity index (χ1) is 13.7. The van der Waals surface area contributed by atoms with E-state index in [2.05, 4.69) is 5.10 Å². The van der Waals surface area contributed by atoms with Crippen molar-refractivity contribution in [3.05, 3.63) is 112 Å². The van der Waals surface area contributed by atoms with E-state index in [-0.39, 0.29) is 6.01 Å². The molecule has 0 aliphatic heterocycles. The lowest BCUT2D eigenvalue weighted by Crippen LogP contribution is -2.18. The number of para-hydroxylation sites is 1. The number of hydrogen-bond donors (Lipinski definition) is 0. The summed E-state index contributed by atoms with van der Waals surface area (Å²) in [6.45, 7) is 2.96. The summed E-state index contributed by atoms with van der Waals surface area (Å²) in [5.41, 5.74) is 4.19. The second-order valence-corrected chi connectivity index (χ2v) is 6.70. The Balaban J connectivity index is 1.66. The van der Waals surface area contributed by atoms with Gasteiger partial charge >= 0.3 is 11.8 Å². The van der Waals surface area contributed by atoms with E-state index in [1.54, 1.807) is 0 Å². The third-order valence-electron chi connectivity index (χ3n) is 4.53. The van der Waals surface area contributed by atoms with Gasteiger partial charge in [-0.15, -0.1) is 5.10 Å². The van der Waals surface area contributed by atoms with Gasteiger partial charge in [0, 0.05) is 5.69 Å². The first-order valence-corrected chi connectivity index (χ1v) is 9.19. The van der Waals surface area contributed by atoms with Crippen LogP contribution in [-0.4, -0.2) is 9.78 Å². The van der Waals surface area contributed by atoms with Crippen molar-refractivity contribution in [3.63, 3.8) is 0 Å². The van der Waals surface area contributed by atoms with Crippen molar-refractivity contribution < 1.29 is 4.42 Å². The minimum absolute atomic E-state index is 0.284. The van der Waals surface area contributed by atoms with E-state index in [0.29, 0.717) is 13.1 Å². The van der Waals surface area contributed by atoms with Gasteiger partial charge in [0.05, 0.1) is 13.1 Å². The predicted molar refractivity (Wildman–Crippen MR) is 110 cm³/mol. The lowest BCUT2D eigenvalue weighted by Gasteiger charge is -2.20. The molecular weight excluding hydrogens is 350 g/mol. The van der Waals surface area contributed by atoms with Gasteiger partial charge in [-0.3, -0.25) is 4.90 Å². The maximum Gasteiger partial charge on any atom is 0.438 e. The van der Waals surface area contributed by atoms with Crippen molar-refractivity contribution in [2.45, 2.75) is 20.0 Å². The number of aromatic nitrogens is 2. The highest BCUT2D eigenvalue weighted by atomic mass is 16.4. The molecule has 0 amide bonds. The van der Waals surface area contributed by atoms with Gasteiger partial charge in [-0.1, -0.05) is 78.4 Å². The zero-order valence-corrected chi connectivity index (χ0v) is 15.7. The van der Waals surface area contributed by atoms with Gasteiger partial charge in [0.2, 0.25) is 0 Å². The quantitative estimate of drug-likeness (QED) is 0.500. The Morgan fingerprint density at radius 3 is 2.18 bits per heavy atom. The Morgan fingerprint density at radius 2 is 1.50 bits per heavy atom. The summed E-state index contributed by atoms with van der Waals surface area (Å²) in [6, 6.07) is 28.2. The van der Waals surface area contributed by atoms with Crippen molar-refractivity contribution >= 4 is 11.7 Å². The smallest absolute Gasteiger partial charge is 0.373 e. The second-order valence-electron chi connectivity index (χ2n) is 6.70. The normalized spacial score (nSPS) is 10.8. The second kappa shape index (κ2) is 7.96. The van der Waals surface area contributed by atoms with Crippen LogP contribution in [0.1, 0.15) is 16.7 Å². The van der Waals surface area contributed by atoms with Crippen LogP contribution in [-0.2, 0) is 13.1 Å². The summed E-state index contributed by atoms with van der Waals surface area (Å²) in [7, 11) is 0. The minimum atomic E-state index is -0.468. The van der Waals surface area contributed by atoms with Crippen LogP contribution in [0.2, 0.25) is 0 Å². The maximum atomic E-state index is 12.4. The molecular formula is C23H21N3O2. The van der Waals surface area contributed by atoms with E-state index in [1.807, 2.05) is 96.8 Å². The van der Waals surface area contributed by atoms with E-state index in [9.17, 15) is 4.79 Å². The van der Waals surface area contributed by atoms with Gasteiger partial charge in [-0.2, -0.15) is 4.68 Å². The number of benzene rings is 3. The minimum Gasteiger partial charge on any atom is -0.373 e. The molecule has 0 N–H and O–H groups in total. The molecule has 0 atom stereocenters. The van der Waals surface area contributed by atoms with E-state index in [0.717, 1.165) is 16.8 Å². The Hall–Kier alpha value is -3.60. The van der Waals surface area contributed by atoms with Crippen LogP contribution < -0.4 is 10.7 Å². The van der Waals surface area contributed by atoms with Crippen LogP contribution in [0.5, 0.6) is 0 Å². The zero-order chi connectivity index (χ0) is 19.3. The molecule has 5 heteroatoms. The molecule has 0 radical (unpaired) electrons. The van der Waals surface area contributed by atoms with Crippen molar-refractivity contribution in [1.29, 1.82) is 0 Å². The van der Waals surface area contributed by atoms with E-state index in [1.165, 1.54) is 10.2 Å². The summed E-state index contributed by atoms with van der Waals surface area (Å²) >= 11 is 0. The molecule has 0 fully saturated rings. The molecule has 4 aromatic rings. The van der Waals surface area contributed by atoms with Crippen LogP contribution >= 0.6 is 0 Å². The Morgan fingerprint density at radius 1 is 0.857 bits per heavy atom. The van der Waals surface area contributed by atoms with Gasteiger partial charge < -0.3 is 4.42 Å². The molecule has 0 aliphatic rings. The van der Waals surface area contributed by atoms with E-state index >= 15 is 0 Å². The standard InChI is InChI=1S/C23H21N3O2/c1-18-12-14-20(15-13-18)17-26-23(27)28-22(24-26)25(21-10-6-3-7-11-21)16-19-8-4-2-5-9-19/h2-15H,16-17H2,1H3. The van der Waals surface area contributed by atoms with Crippen molar-refractivity contribution in [3.8, 4) is 0 Å². The van der Waals surface area contributed by atoms with E-state index < -0.39 is 5.76 Å². The largest absolute Gasteiger partial charge is 0.438 e. The number of hydrogen-bond acceptors (Lipinski definition) is 4. The maximum absolute atomic E-state index is 12.4. The van der Waals surface area contributed by atoms with Crippen LogP contribution in [0.4, 0.5) is 11.7 Å². The molecule has 0 unspecified atom stereocenters. The highest BCUT2D eigenvalue weighted by molar-refractivity contribution is 5.55. The molecule has 0 saturated heterocycles. The molecule has 0 bridgehead atoms. The topological polar surface area (TPSA) is 51.3 Å². The van der Waals surface area contributed by atoms with Crippen molar-refractivity contribution in [2.24, 2.45) is 0 Å². The van der Waals surface area contributed by atoms with E-state index in [4.69, 9.17) is 4.42 Å². The fraction of sp³-hybridized carbons (Fsp3) is 0.130. The molecule has 140 valence electrons. The molecule has 28 heavy (non-hydrogen) atoms. The fourth-order valence-electron chi connectivity index (χ4n) is 3.01. The zero-order valence-electron chi connectivity index (χ0n) is 15.7. The Kier molecular flexibility index (Phi) is 5.06. The summed E-state index contributed by atoms with van der Waals surface area (Å²) in [4.78, 5) is 14.3. The highest BCUT2D eigenvalue weighted by Gasteiger charge is 2.18. The lowest BCUT2D eigenvalue weighted by molar-refractivity contribution is 0.486. The van der Waals surface area contributed by atoms with Crippen molar-refractivity contribution in [1.82, 2.24) is 9.78 Å². The lowest BCUT2D eigenvalue weighted by atomic mass is 10.1. The molecule has 1 heterocycles. The van der Waals surface area contributed by atoms with Crippen LogP contribution in [0.3, 0.4) is 0 Å². The Labute approximate surface area is 163 Å². The molecule has 0 aliphatic carbocycles. The molecule has 1 aromatic heterocycles. The monoisotopic (exact) mass is 371 g/mol. The van der Waals surface area contributed by atoms with Gasteiger partial charge in [-0.25, -0.2) is 4.79 Å². The summed E-state index contributed by atoms with van der Waals surface area (Å²) in [6.07, 6.45) is 0. The molecule has 4 rings (SSSR count). The number of aryl methyl sites for hydroxylation is 1. The molecule has 3 aromatic carbocycles. The predicted octanol–water partition coefficient (Wildman–Crippen LogP) is 4.53. The first kappa shape index (κ1) is 17.8. The van der Waals surface area contributed by atoms with Gasteiger partial charge in [0.1, 0.15) is 0 Å². The van der Waals surface area contributed by atoms with Crippen LogP contribution in [0, 0.1) is 6.92 Å². The average molecular weight is 371 g/mol. The van der Waals surface area contributed by atoms with Crippen LogP contribution in [0.15, 0.2) is 94.1 Å². The summed E-state index contributed by atoms with van der Waals surface area (Å²) < 4.78 is 6.88. The van der Waals surface area contributed by atoms with Gasteiger partial charge in [0.15, 0.2) is 0 Å². The van der Waals surface area contributed by atoms with Crippen molar-refractivity contribution in [2.75, 3.05) is 4.90 Å². The average Bonchev–Trinajstić information content (AvgIpc) is 3.09. The summed E-state index contributed by atoms with van der Waals surface area (Å²) in [5, 5.41) is 4.46. The highest BCUT2D eigenvalue weighted by Crippen LogP contribution is 2.25. The third-order valence-corrected chi connectivity index (χ3v) is 4.53. The number of rotatable bonds is 6. The molecule has 0 spiro atoms. The Bertz CT molecular complexity index is 1080. The van der Waals surface area contributed by atoms with Crippen LogP contribution in [0.25, 0.3) is 0 Å². The summed E-state index contributed by atoms with van der Waals surface area (Å²) in [5.74, 6) is -0.468. The third kappa shape index (κ3) is 4.04. The molecule has 5 nitrogen and oxygen atoms in total. The first-order valence-electron chi connectivity index (χ1n) is 9.19. The number of nitrogens with zero attached hydrogens (tertiary/aromatic N) is 3. The molecule has 0 saturated carbocycles.